The van der Waals surface area contributed by atoms with Crippen molar-refractivity contribution in [3.63, 3.8) is 0 Å². The van der Waals surface area contributed by atoms with Crippen LogP contribution in [0.3, 0.4) is 0 Å². The zero-order chi connectivity index (χ0) is 24.8. The van der Waals surface area contributed by atoms with Gasteiger partial charge in [0.15, 0.2) is 0 Å². The molecule has 1 N–H and O–H groups in total. The van der Waals surface area contributed by atoms with Crippen LogP contribution in [0.5, 0.6) is 5.75 Å². The topological polar surface area (TPSA) is 67.6 Å². The number of carbonyl (C=O) groups is 1. The zero-order valence-electron chi connectivity index (χ0n) is 20.0. The van der Waals surface area contributed by atoms with Gasteiger partial charge in [-0.05, 0) is 63.1 Å². The first-order valence-corrected chi connectivity index (χ1v) is 12.0. The van der Waals surface area contributed by atoms with E-state index in [2.05, 4.69) is 6.07 Å². The number of aliphatic hydroxyl groups is 1. The highest BCUT2D eigenvalue weighted by Crippen LogP contribution is 2.38. The molecule has 1 aliphatic heterocycles. The Morgan fingerprint density at radius 2 is 2.00 bits per heavy atom. The lowest BCUT2D eigenvalue weighted by atomic mass is 9.92. The standard InChI is InChI=1S/C26H29Cl2N3O3/c1-15-23-20(9-10-31(15)25(32)19-7-6-8-21(34-5)22(19)28)24(30(4)29-23)17-11-16(12-18(27)13-17)14-26(2,3)33/h6-8,11-13,15,33H,9-10,14H2,1-5H3/t15-/m0/s1. The number of halogens is 2. The monoisotopic (exact) mass is 501 g/mol. The number of aryl methyl sites for hydroxylation is 1. The van der Waals surface area contributed by atoms with Crippen LogP contribution in [0, 0.1) is 0 Å². The van der Waals surface area contributed by atoms with Gasteiger partial charge >= 0.3 is 0 Å². The first-order chi connectivity index (χ1) is 16.0. The first kappa shape index (κ1) is 24.6. The number of carbonyl (C=O) groups excluding carboxylic acids is 1. The first-order valence-electron chi connectivity index (χ1n) is 11.2. The van der Waals surface area contributed by atoms with Crippen LogP contribution in [0.2, 0.25) is 10.0 Å². The molecule has 0 radical (unpaired) electrons. The van der Waals surface area contributed by atoms with E-state index in [1.807, 2.05) is 30.8 Å². The highest BCUT2D eigenvalue weighted by atomic mass is 35.5. The summed E-state index contributed by atoms with van der Waals surface area (Å²) in [6.45, 7) is 6.08. The van der Waals surface area contributed by atoms with Crippen LogP contribution >= 0.6 is 23.2 Å². The minimum absolute atomic E-state index is 0.149. The minimum Gasteiger partial charge on any atom is -0.495 e. The van der Waals surface area contributed by atoms with E-state index in [4.69, 9.17) is 33.0 Å². The number of aromatic nitrogens is 2. The summed E-state index contributed by atoms with van der Waals surface area (Å²) in [5, 5.41) is 16.0. The third kappa shape index (κ3) is 4.67. The number of hydrogen-bond acceptors (Lipinski definition) is 4. The van der Waals surface area contributed by atoms with Crippen LogP contribution in [-0.2, 0) is 19.9 Å². The summed E-state index contributed by atoms with van der Waals surface area (Å²) in [5.74, 6) is 0.324. The van der Waals surface area contributed by atoms with Crippen molar-refractivity contribution in [3.05, 3.63) is 68.8 Å². The number of amides is 1. The number of methoxy groups -OCH3 is 1. The van der Waals surface area contributed by atoms with Crippen LogP contribution in [-0.4, -0.2) is 44.9 Å². The SMILES string of the molecule is COc1cccc(C(=O)N2CCc3c(nn(C)c3-c3cc(Cl)cc(CC(C)(C)O)c3)[C@@H]2C)c1Cl. The molecule has 3 aromatic rings. The fourth-order valence-corrected chi connectivity index (χ4v) is 5.30. The Morgan fingerprint density at radius 3 is 2.68 bits per heavy atom. The quantitative estimate of drug-likeness (QED) is 0.502. The lowest BCUT2D eigenvalue weighted by Gasteiger charge is -2.33. The Kier molecular flexibility index (Phi) is 6.69. The van der Waals surface area contributed by atoms with Crippen LogP contribution in [0.4, 0.5) is 0 Å². The number of fused-ring (bicyclic) bond motifs is 1. The Bertz CT molecular complexity index is 1250. The summed E-state index contributed by atoms with van der Waals surface area (Å²) in [5.41, 5.74) is 4.42. The fourth-order valence-electron chi connectivity index (χ4n) is 4.76. The van der Waals surface area contributed by atoms with Crippen molar-refractivity contribution in [1.29, 1.82) is 0 Å². The molecule has 2 heterocycles. The summed E-state index contributed by atoms with van der Waals surface area (Å²) >= 11 is 12.9. The van der Waals surface area contributed by atoms with Gasteiger partial charge in [-0.1, -0.05) is 29.3 Å². The molecule has 0 unspecified atom stereocenters. The van der Waals surface area contributed by atoms with E-state index < -0.39 is 5.60 Å². The van der Waals surface area contributed by atoms with Crippen molar-refractivity contribution < 1.29 is 14.6 Å². The maximum Gasteiger partial charge on any atom is 0.256 e. The largest absolute Gasteiger partial charge is 0.495 e. The molecule has 0 bridgehead atoms. The summed E-state index contributed by atoms with van der Waals surface area (Å²) < 4.78 is 7.13. The normalized spacial score (nSPS) is 15.9. The second-order valence-corrected chi connectivity index (χ2v) is 10.2. The lowest BCUT2D eigenvalue weighted by Crippen LogP contribution is -2.39. The molecule has 2 aromatic carbocycles. The highest BCUT2D eigenvalue weighted by Gasteiger charge is 2.34. The van der Waals surface area contributed by atoms with Crippen molar-refractivity contribution >= 4 is 29.1 Å². The van der Waals surface area contributed by atoms with Gasteiger partial charge in [-0.2, -0.15) is 5.10 Å². The molecule has 0 fully saturated rings. The van der Waals surface area contributed by atoms with E-state index >= 15 is 0 Å². The molecule has 1 amide bonds. The van der Waals surface area contributed by atoms with Gasteiger partial charge in [0.05, 0.1) is 40.7 Å². The van der Waals surface area contributed by atoms with Crippen molar-refractivity contribution in [3.8, 4) is 17.0 Å². The third-order valence-electron chi connectivity index (χ3n) is 6.18. The summed E-state index contributed by atoms with van der Waals surface area (Å²) in [4.78, 5) is 15.2. The average molecular weight is 502 g/mol. The lowest BCUT2D eigenvalue weighted by molar-refractivity contribution is 0.0673. The molecular weight excluding hydrogens is 473 g/mol. The molecule has 0 aliphatic carbocycles. The molecular formula is C26H29Cl2N3O3. The molecule has 180 valence electrons. The van der Waals surface area contributed by atoms with E-state index in [0.717, 1.165) is 28.1 Å². The molecule has 8 heteroatoms. The van der Waals surface area contributed by atoms with Gasteiger partial charge < -0.3 is 14.7 Å². The Morgan fingerprint density at radius 1 is 1.26 bits per heavy atom. The fraction of sp³-hybridized carbons (Fsp3) is 0.385. The number of nitrogens with zero attached hydrogens (tertiary/aromatic N) is 3. The van der Waals surface area contributed by atoms with E-state index in [1.54, 1.807) is 36.9 Å². The van der Waals surface area contributed by atoms with E-state index in [-0.39, 0.29) is 11.9 Å². The van der Waals surface area contributed by atoms with E-state index in [1.165, 1.54) is 7.11 Å². The minimum atomic E-state index is -0.843. The number of hydrogen-bond donors (Lipinski definition) is 1. The maximum absolute atomic E-state index is 13.4. The van der Waals surface area contributed by atoms with Gasteiger partial charge in [0.2, 0.25) is 0 Å². The van der Waals surface area contributed by atoms with E-state index in [0.29, 0.717) is 40.7 Å². The zero-order valence-corrected chi connectivity index (χ0v) is 21.5. The molecule has 0 spiro atoms. The highest BCUT2D eigenvalue weighted by molar-refractivity contribution is 6.35. The van der Waals surface area contributed by atoms with Gasteiger partial charge in [0.25, 0.3) is 5.91 Å². The Labute approximate surface area is 210 Å². The van der Waals surface area contributed by atoms with Crippen molar-refractivity contribution in [2.24, 2.45) is 7.05 Å². The van der Waals surface area contributed by atoms with Crippen LogP contribution in [0.1, 0.15) is 54.0 Å². The van der Waals surface area contributed by atoms with Crippen molar-refractivity contribution in [1.82, 2.24) is 14.7 Å². The Balaban J connectivity index is 1.70. The van der Waals surface area contributed by atoms with Gasteiger partial charge in [-0.15, -0.1) is 0 Å². The molecule has 1 atom stereocenters. The molecule has 6 nitrogen and oxygen atoms in total. The second kappa shape index (κ2) is 9.25. The molecule has 1 aromatic heterocycles. The van der Waals surface area contributed by atoms with Gasteiger partial charge in [0, 0.05) is 36.2 Å². The van der Waals surface area contributed by atoms with Gasteiger partial charge in [0.1, 0.15) is 5.75 Å². The third-order valence-corrected chi connectivity index (χ3v) is 6.79. The Hall–Kier alpha value is -2.54. The number of ether oxygens (including phenoxy) is 1. The molecule has 4 rings (SSSR count). The summed E-state index contributed by atoms with van der Waals surface area (Å²) in [7, 11) is 3.44. The summed E-state index contributed by atoms with van der Waals surface area (Å²) in [6, 6.07) is 10.8. The smallest absolute Gasteiger partial charge is 0.256 e. The second-order valence-electron chi connectivity index (χ2n) is 9.42. The predicted molar refractivity (Wildman–Crippen MR) is 135 cm³/mol. The molecule has 0 saturated carbocycles. The van der Waals surface area contributed by atoms with Crippen LogP contribution in [0.25, 0.3) is 11.3 Å². The average Bonchev–Trinajstić information content (AvgIpc) is 3.09. The number of benzene rings is 2. The maximum atomic E-state index is 13.4. The summed E-state index contributed by atoms with van der Waals surface area (Å²) in [6.07, 6.45) is 1.14. The van der Waals surface area contributed by atoms with Gasteiger partial charge in [-0.3, -0.25) is 9.48 Å². The van der Waals surface area contributed by atoms with E-state index in [9.17, 15) is 9.90 Å². The molecule has 1 aliphatic rings. The predicted octanol–water partition coefficient (Wildman–Crippen LogP) is 5.48. The van der Waals surface area contributed by atoms with Gasteiger partial charge in [-0.25, -0.2) is 0 Å². The van der Waals surface area contributed by atoms with Crippen molar-refractivity contribution in [2.45, 2.75) is 45.3 Å². The van der Waals surface area contributed by atoms with Crippen molar-refractivity contribution in [2.75, 3.05) is 13.7 Å². The molecule has 34 heavy (non-hydrogen) atoms. The number of rotatable bonds is 5. The van der Waals surface area contributed by atoms with Crippen LogP contribution < -0.4 is 4.74 Å². The molecule has 0 saturated heterocycles. The van der Waals surface area contributed by atoms with Crippen LogP contribution in [0.15, 0.2) is 36.4 Å².